The lowest BCUT2D eigenvalue weighted by molar-refractivity contribution is -0.132. The third kappa shape index (κ3) is 17.1. The van der Waals surface area contributed by atoms with Gasteiger partial charge in [-0.05, 0) is 0 Å². The van der Waals surface area contributed by atoms with Gasteiger partial charge in [0.1, 0.15) is 0 Å². The fourth-order valence-corrected chi connectivity index (χ4v) is 2.22. The summed E-state index contributed by atoms with van der Waals surface area (Å²) in [7, 11) is 0. The monoisotopic (exact) mass is 372 g/mol. The molecule has 0 amide bonds. The van der Waals surface area contributed by atoms with Gasteiger partial charge in [-0.1, -0.05) is 78.1 Å². The maximum atomic E-state index is 10.6. The first-order valence-corrected chi connectivity index (χ1v) is 9.76. The lowest BCUT2D eigenvalue weighted by Gasteiger charge is -2.14. The first-order chi connectivity index (χ1) is 9.96. The number of unbranched alkanes of at least 4 members (excludes halogenated alkanes) is 9. The third-order valence-corrected chi connectivity index (χ3v) is 4.91. The van der Waals surface area contributed by atoms with Gasteiger partial charge in [-0.25, -0.2) is 4.79 Å². The molecule has 6 heteroatoms. The lowest BCUT2D eigenvalue weighted by atomic mass is 10.1. The van der Waals surface area contributed by atoms with E-state index in [1.54, 1.807) is 0 Å². The summed E-state index contributed by atoms with van der Waals surface area (Å²) in [6.07, 6.45) is 14.4. The summed E-state index contributed by atoms with van der Waals surface area (Å²) in [5.41, 5.74) is 0. The van der Waals surface area contributed by atoms with Crippen LogP contribution in [-0.2, 0) is 8.98 Å². The van der Waals surface area contributed by atoms with Crippen molar-refractivity contribution in [3.8, 4) is 0 Å². The molecule has 0 heterocycles. The highest BCUT2D eigenvalue weighted by molar-refractivity contribution is 8.03. The molecule has 2 nitrogen and oxygen atoms in total. The van der Waals surface area contributed by atoms with Gasteiger partial charge in [0.05, 0.1) is 0 Å². The fraction of sp³-hybridized carbons (Fsp3) is 0.933. The van der Waals surface area contributed by atoms with Crippen LogP contribution >= 0.6 is 50.8 Å². The van der Waals surface area contributed by atoms with Gasteiger partial charge in [-0.2, -0.15) is 12.6 Å². The summed E-state index contributed by atoms with van der Waals surface area (Å²) in [4.78, 5) is 10.6. The zero-order valence-corrected chi connectivity index (χ0v) is 17.0. The van der Waals surface area contributed by atoms with Crippen molar-refractivity contribution < 1.29 is 8.98 Å². The van der Waals surface area contributed by atoms with Crippen LogP contribution in [0.2, 0.25) is 0 Å². The third-order valence-electron chi connectivity index (χ3n) is 3.09. The summed E-state index contributed by atoms with van der Waals surface area (Å²) in [5.74, 6) is -0.425. The predicted octanol–water partition coefficient (Wildman–Crippen LogP) is 5.79. The number of hydrogen-bond acceptors (Lipinski definition) is 6. The molecule has 21 heavy (non-hydrogen) atoms. The smallest absolute Gasteiger partial charge is 0.344 e. The van der Waals surface area contributed by atoms with Gasteiger partial charge in [0.25, 0.3) is 0 Å². The average Bonchev–Trinajstić information content (AvgIpc) is 2.49. The van der Waals surface area contributed by atoms with Crippen molar-refractivity contribution in [1.29, 1.82) is 0 Å². The van der Waals surface area contributed by atoms with E-state index in [0.29, 0.717) is 0 Å². The zero-order valence-electron chi connectivity index (χ0n) is 13.4. The van der Waals surface area contributed by atoms with Crippen LogP contribution in [0, 0.1) is 0 Å². The molecule has 128 valence electrons. The van der Waals surface area contributed by atoms with Gasteiger partial charge < -0.3 is 4.18 Å². The van der Waals surface area contributed by atoms with Crippen LogP contribution in [0.3, 0.4) is 0 Å². The Bertz CT molecular complexity index is 226. The van der Waals surface area contributed by atoms with Crippen LogP contribution in [0.4, 0.5) is 0 Å². The van der Waals surface area contributed by atoms with Crippen LogP contribution in [0.1, 0.15) is 78.1 Å². The average molecular weight is 373 g/mol. The Kier molecular flexibility index (Phi) is 19.8. The number of thiol groups is 4. The molecule has 0 radical (unpaired) electrons. The maximum Gasteiger partial charge on any atom is 0.344 e. The molecule has 0 aliphatic rings. The Morgan fingerprint density at radius 2 is 1.19 bits per heavy atom. The molecular formula is C15H32O2S4. The molecular weight excluding hydrogens is 340 g/mol. The molecule has 0 aromatic rings. The Labute approximate surface area is 153 Å². The Balaban J connectivity index is 0. The molecule has 0 aromatic heterocycles. The maximum absolute atomic E-state index is 10.6. The van der Waals surface area contributed by atoms with Crippen molar-refractivity contribution in [2.45, 2.75) is 82.1 Å². The Morgan fingerprint density at radius 1 is 0.857 bits per heavy atom. The normalized spacial score (nSPS) is 10.8. The van der Waals surface area contributed by atoms with Crippen molar-refractivity contribution in [3.05, 3.63) is 0 Å². The van der Waals surface area contributed by atoms with E-state index in [9.17, 15) is 4.79 Å². The van der Waals surface area contributed by atoms with E-state index in [-0.39, 0.29) is 5.75 Å². The minimum atomic E-state index is -1.13. The van der Waals surface area contributed by atoms with Crippen molar-refractivity contribution >= 4 is 56.8 Å². The fourth-order valence-electron chi connectivity index (χ4n) is 1.70. The topological polar surface area (TPSA) is 26.3 Å². The van der Waals surface area contributed by atoms with Crippen molar-refractivity contribution in [1.82, 2.24) is 0 Å². The Hall–Kier alpha value is 0.870. The second kappa shape index (κ2) is 17.2. The first kappa shape index (κ1) is 24.1. The van der Waals surface area contributed by atoms with Gasteiger partial charge in [0.15, 0.2) is 4.08 Å². The van der Waals surface area contributed by atoms with Crippen molar-refractivity contribution in [2.75, 3.05) is 5.75 Å². The van der Waals surface area contributed by atoms with E-state index >= 15 is 0 Å². The number of carbonyl (C=O) groups excluding carboxylic acids is 1. The lowest BCUT2D eigenvalue weighted by Crippen LogP contribution is -2.28. The van der Waals surface area contributed by atoms with E-state index in [0.717, 1.165) is 0 Å². The van der Waals surface area contributed by atoms with Crippen molar-refractivity contribution in [3.63, 3.8) is 0 Å². The molecule has 0 saturated heterocycles. The van der Waals surface area contributed by atoms with Gasteiger partial charge in [0, 0.05) is 18.7 Å². The highest BCUT2D eigenvalue weighted by Crippen LogP contribution is 2.23. The van der Waals surface area contributed by atoms with Crippen molar-refractivity contribution in [2.24, 2.45) is 0 Å². The van der Waals surface area contributed by atoms with Gasteiger partial charge in [0.2, 0.25) is 0 Å². The molecule has 0 fully saturated rings. The number of hydrogen-bond donors (Lipinski definition) is 4. The molecule has 0 aliphatic heterocycles. The molecule has 0 unspecified atom stereocenters. The predicted molar refractivity (Wildman–Crippen MR) is 107 cm³/mol. The SMILES string of the molecule is CCCCCCCCCCCC.O=C(OS)C(S)(S)CS. The Morgan fingerprint density at radius 3 is 1.38 bits per heavy atom. The van der Waals surface area contributed by atoms with E-state index in [1.807, 2.05) is 0 Å². The molecule has 0 saturated carbocycles. The van der Waals surface area contributed by atoms with Gasteiger partial charge in [-0.3, -0.25) is 0 Å². The molecule has 0 spiro atoms. The number of carbonyl (C=O) groups is 1. The molecule has 0 atom stereocenters. The van der Waals surface area contributed by atoms with Crippen LogP contribution in [0.25, 0.3) is 0 Å². The largest absolute Gasteiger partial charge is 0.393 e. The minimum absolute atomic E-state index is 0.193. The summed E-state index contributed by atoms with van der Waals surface area (Å²) in [5, 5.41) is 0. The van der Waals surface area contributed by atoms with Crippen LogP contribution < -0.4 is 0 Å². The molecule has 0 bridgehead atoms. The van der Waals surface area contributed by atoms with Gasteiger partial charge in [-0.15, -0.1) is 25.3 Å². The second-order valence-corrected chi connectivity index (χ2v) is 7.56. The van der Waals surface area contributed by atoms with Crippen LogP contribution in [0.5, 0.6) is 0 Å². The summed E-state index contributed by atoms with van der Waals surface area (Å²) in [6.45, 7) is 4.56. The van der Waals surface area contributed by atoms with E-state index in [2.05, 4.69) is 68.8 Å². The van der Waals surface area contributed by atoms with E-state index < -0.39 is 10.0 Å². The zero-order chi connectivity index (χ0) is 16.6. The molecule has 0 aromatic carbocycles. The second-order valence-electron chi connectivity index (χ2n) is 5.18. The standard InChI is InChI=1S/C12H26.C3H6O2S4/c1-3-5-7-9-11-12-10-8-6-4-2;4-2(5-9)3(7,8)1-6/h3-12H2,1-2H3;6-9H,1H2. The van der Waals surface area contributed by atoms with Crippen LogP contribution in [-0.4, -0.2) is 15.8 Å². The first-order valence-electron chi connectivity index (χ1n) is 7.87. The minimum Gasteiger partial charge on any atom is -0.393 e. The summed E-state index contributed by atoms with van der Waals surface area (Å²) in [6, 6.07) is 0. The summed E-state index contributed by atoms with van der Waals surface area (Å²) < 4.78 is 2.93. The highest BCUT2D eigenvalue weighted by Gasteiger charge is 2.29. The molecule has 0 aliphatic carbocycles. The van der Waals surface area contributed by atoms with Crippen LogP contribution in [0.15, 0.2) is 0 Å². The molecule has 0 rings (SSSR count). The summed E-state index contributed by atoms with van der Waals surface area (Å²) >= 11 is 14.7. The van der Waals surface area contributed by atoms with Gasteiger partial charge >= 0.3 is 5.97 Å². The highest BCUT2D eigenvalue weighted by atomic mass is 32.2. The van der Waals surface area contributed by atoms with E-state index in [1.165, 1.54) is 64.2 Å². The molecule has 0 N–H and O–H groups in total. The van der Waals surface area contributed by atoms with E-state index in [4.69, 9.17) is 0 Å². The quantitative estimate of drug-likeness (QED) is 0.160. The number of rotatable bonds is 11.